The van der Waals surface area contributed by atoms with Crippen molar-refractivity contribution in [1.29, 1.82) is 5.26 Å². The Bertz CT molecular complexity index is 744. The highest BCUT2D eigenvalue weighted by Crippen LogP contribution is 2.19. The zero-order chi connectivity index (χ0) is 14.6. The number of nitrogens with one attached hydrogen (secondary N) is 1. The van der Waals surface area contributed by atoms with Gasteiger partial charge in [-0.3, -0.25) is 4.72 Å². The fourth-order valence-corrected chi connectivity index (χ4v) is 3.03. The van der Waals surface area contributed by atoms with Crippen molar-refractivity contribution in [3.05, 3.63) is 59.7 Å². The maximum absolute atomic E-state index is 12.3. The quantitative estimate of drug-likeness (QED) is 0.939. The molecule has 0 radical (unpaired) electrons. The van der Waals surface area contributed by atoms with E-state index in [0.29, 0.717) is 5.69 Å². The summed E-state index contributed by atoms with van der Waals surface area (Å²) >= 11 is 0. The standard InChI is InChI=1S/C15H14N2O2S/c1-2-12-7-9-14(10-8-12)17-20(18,19)15-6-4-3-5-13(15)11-16/h3-10,17H,2H2,1H3. The Hall–Kier alpha value is -2.32. The van der Waals surface area contributed by atoms with Crippen LogP contribution in [-0.4, -0.2) is 8.42 Å². The second kappa shape index (κ2) is 5.76. The number of sulfonamides is 1. The summed E-state index contributed by atoms with van der Waals surface area (Å²) in [5.41, 5.74) is 1.74. The molecular weight excluding hydrogens is 272 g/mol. The van der Waals surface area contributed by atoms with Crippen molar-refractivity contribution in [3.8, 4) is 6.07 Å². The van der Waals surface area contributed by atoms with E-state index in [9.17, 15) is 8.42 Å². The van der Waals surface area contributed by atoms with Crippen LogP contribution in [0.25, 0.3) is 0 Å². The molecule has 1 N–H and O–H groups in total. The molecule has 0 heterocycles. The van der Waals surface area contributed by atoms with E-state index in [-0.39, 0.29) is 10.5 Å². The number of nitrogens with zero attached hydrogens (tertiary/aromatic N) is 1. The fraction of sp³-hybridized carbons (Fsp3) is 0.133. The van der Waals surface area contributed by atoms with Crippen molar-refractivity contribution in [1.82, 2.24) is 0 Å². The molecule has 0 bridgehead atoms. The molecule has 0 fully saturated rings. The molecular formula is C15H14N2O2S. The lowest BCUT2D eigenvalue weighted by molar-refractivity contribution is 0.601. The largest absolute Gasteiger partial charge is 0.280 e. The second-order valence-corrected chi connectivity index (χ2v) is 5.91. The minimum absolute atomic E-state index is 0.0120. The number of hydrogen-bond acceptors (Lipinski definition) is 3. The van der Waals surface area contributed by atoms with Gasteiger partial charge in [-0.15, -0.1) is 0 Å². The summed E-state index contributed by atoms with van der Waals surface area (Å²) in [5, 5.41) is 8.97. The Kier molecular flexibility index (Phi) is 4.06. The third-order valence-electron chi connectivity index (χ3n) is 2.91. The average Bonchev–Trinajstić information content (AvgIpc) is 2.47. The first-order valence-corrected chi connectivity index (χ1v) is 7.66. The van der Waals surface area contributed by atoms with Crippen LogP contribution in [0.15, 0.2) is 53.4 Å². The molecule has 0 spiro atoms. The van der Waals surface area contributed by atoms with Crippen LogP contribution in [0.5, 0.6) is 0 Å². The van der Waals surface area contributed by atoms with Crippen molar-refractivity contribution in [3.63, 3.8) is 0 Å². The molecule has 4 nitrogen and oxygen atoms in total. The Morgan fingerprint density at radius 1 is 1.10 bits per heavy atom. The van der Waals surface area contributed by atoms with Gasteiger partial charge < -0.3 is 0 Å². The predicted octanol–water partition coefficient (Wildman–Crippen LogP) is 2.92. The van der Waals surface area contributed by atoms with Crippen molar-refractivity contribution in [2.45, 2.75) is 18.2 Å². The third-order valence-corrected chi connectivity index (χ3v) is 4.35. The Morgan fingerprint density at radius 3 is 2.35 bits per heavy atom. The van der Waals surface area contributed by atoms with Gasteiger partial charge in [0.2, 0.25) is 0 Å². The maximum Gasteiger partial charge on any atom is 0.263 e. The Morgan fingerprint density at radius 2 is 1.75 bits per heavy atom. The van der Waals surface area contributed by atoms with E-state index in [1.807, 2.05) is 25.1 Å². The highest BCUT2D eigenvalue weighted by Gasteiger charge is 2.18. The summed E-state index contributed by atoms with van der Waals surface area (Å²) in [6.45, 7) is 2.03. The number of aryl methyl sites for hydroxylation is 1. The number of nitriles is 1. The summed E-state index contributed by atoms with van der Waals surface area (Å²) in [6, 6.07) is 15.2. The lowest BCUT2D eigenvalue weighted by Crippen LogP contribution is -2.14. The minimum atomic E-state index is -3.75. The lowest BCUT2D eigenvalue weighted by Gasteiger charge is -2.09. The van der Waals surface area contributed by atoms with Gasteiger partial charge in [-0.05, 0) is 36.2 Å². The SMILES string of the molecule is CCc1ccc(NS(=O)(=O)c2ccccc2C#N)cc1. The summed E-state index contributed by atoms with van der Waals surface area (Å²) < 4.78 is 27.0. The molecule has 2 aromatic rings. The van der Waals surface area contributed by atoms with Crippen LogP contribution in [0.1, 0.15) is 18.1 Å². The summed E-state index contributed by atoms with van der Waals surface area (Å²) in [7, 11) is -3.75. The molecule has 0 aliphatic heterocycles. The third kappa shape index (κ3) is 2.98. The molecule has 0 unspecified atom stereocenters. The number of benzene rings is 2. The van der Waals surface area contributed by atoms with E-state index in [4.69, 9.17) is 5.26 Å². The molecule has 20 heavy (non-hydrogen) atoms. The predicted molar refractivity (Wildman–Crippen MR) is 77.8 cm³/mol. The van der Waals surface area contributed by atoms with Crippen LogP contribution in [-0.2, 0) is 16.4 Å². The molecule has 0 saturated carbocycles. The zero-order valence-corrected chi connectivity index (χ0v) is 11.8. The van der Waals surface area contributed by atoms with Crippen molar-refractivity contribution >= 4 is 15.7 Å². The van der Waals surface area contributed by atoms with Gasteiger partial charge in [-0.2, -0.15) is 5.26 Å². The van der Waals surface area contributed by atoms with Gasteiger partial charge >= 0.3 is 0 Å². The highest BCUT2D eigenvalue weighted by molar-refractivity contribution is 7.92. The molecule has 0 aromatic heterocycles. The molecule has 0 aliphatic carbocycles. The van der Waals surface area contributed by atoms with Gasteiger partial charge in [0.25, 0.3) is 10.0 Å². The van der Waals surface area contributed by atoms with E-state index in [1.165, 1.54) is 12.1 Å². The topological polar surface area (TPSA) is 70.0 Å². The smallest absolute Gasteiger partial charge is 0.263 e. The number of anilines is 1. The van der Waals surface area contributed by atoms with Gasteiger partial charge in [0.05, 0.1) is 5.56 Å². The summed E-state index contributed by atoms with van der Waals surface area (Å²) in [4.78, 5) is -0.0120. The van der Waals surface area contributed by atoms with E-state index in [0.717, 1.165) is 12.0 Å². The van der Waals surface area contributed by atoms with Gasteiger partial charge in [-0.25, -0.2) is 8.42 Å². The molecule has 0 amide bonds. The Labute approximate surface area is 118 Å². The number of rotatable bonds is 4. The average molecular weight is 286 g/mol. The van der Waals surface area contributed by atoms with Gasteiger partial charge in [0.15, 0.2) is 0 Å². The first-order valence-electron chi connectivity index (χ1n) is 6.17. The minimum Gasteiger partial charge on any atom is -0.280 e. The van der Waals surface area contributed by atoms with Crippen LogP contribution < -0.4 is 4.72 Å². The lowest BCUT2D eigenvalue weighted by atomic mass is 10.2. The highest BCUT2D eigenvalue weighted by atomic mass is 32.2. The molecule has 2 aromatic carbocycles. The molecule has 2 rings (SSSR count). The Balaban J connectivity index is 2.33. The molecule has 0 atom stereocenters. The second-order valence-electron chi connectivity index (χ2n) is 4.26. The maximum atomic E-state index is 12.3. The van der Waals surface area contributed by atoms with E-state index < -0.39 is 10.0 Å². The van der Waals surface area contributed by atoms with Crippen LogP contribution >= 0.6 is 0 Å². The first-order chi connectivity index (χ1) is 9.56. The normalized spacial score (nSPS) is 10.8. The molecule has 0 saturated heterocycles. The van der Waals surface area contributed by atoms with Gasteiger partial charge in [0.1, 0.15) is 11.0 Å². The fourth-order valence-electron chi connectivity index (χ4n) is 1.81. The van der Waals surface area contributed by atoms with Gasteiger partial charge in [-0.1, -0.05) is 31.2 Å². The first kappa shape index (κ1) is 14.1. The molecule has 0 aliphatic rings. The molecule has 102 valence electrons. The van der Waals surface area contributed by atoms with Crippen LogP contribution in [0.3, 0.4) is 0 Å². The van der Waals surface area contributed by atoms with Crippen molar-refractivity contribution in [2.75, 3.05) is 4.72 Å². The van der Waals surface area contributed by atoms with Crippen LogP contribution in [0.2, 0.25) is 0 Å². The monoisotopic (exact) mass is 286 g/mol. The van der Waals surface area contributed by atoms with E-state index >= 15 is 0 Å². The summed E-state index contributed by atoms with van der Waals surface area (Å²) in [5.74, 6) is 0. The van der Waals surface area contributed by atoms with Crippen molar-refractivity contribution < 1.29 is 8.42 Å². The molecule has 5 heteroatoms. The van der Waals surface area contributed by atoms with Crippen LogP contribution in [0, 0.1) is 11.3 Å². The zero-order valence-electron chi connectivity index (χ0n) is 11.0. The van der Waals surface area contributed by atoms with Crippen LogP contribution in [0.4, 0.5) is 5.69 Å². The summed E-state index contributed by atoms with van der Waals surface area (Å²) in [6.07, 6.45) is 0.893. The van der Waals surface area contributed by atoms with E-state index in [1.54, 1.807) is 24.3 Å². The van der Waals surface area contributed by atoms with E-state index in [2.05, 4.69) is 4.72 Å². The van der Waals surface area contributed by atoms with Crippen molar-refractivity contribution in [2.24, 2.45) is 0 Å². The number of hydrogen-bond donors (Lipinski definition) is 1. The van der Waals surface area contributed by atoms with Gasteiger partial charge in [0, 0.05) is 5.69 Å².